The Balaban J connectivity index is 2.02. The number of rotatable bonds is 13. The molecule has 3 atom stereocenters. The van der Waals surface area contributed by atoms with E-state index >= 15 is 0 Å². The molecule has 15 heteroatoms. The third kappa shape index (κ3) is 10.6. The van der Waals surface area contributed by atoms with E-state index in [0.717, 1.165) is 0 Å². The van der Waals surface area contributed by atoms with E-state index < -0.39 is 43.0 Å². The van der Waals surface area contributed by atoms with Crippen molar-refractivity contribution < 1.29 is 38.4 Å². The van der Waals surface area contributed by atoms with Crippen LogP contribution < -0.4 is 10.6 Å². The molecular weight excluding hydrogens is 572 g/mol. The van der Waals surface area contributed by atoms with Gasteiger partial charge in [-0.15, -0.1) is 11.8 Å². The third-order valence-electron chi connectivity index (χ3n) is 7.16. The SMILES string of the molecule is CC(SCC1CC(O[Si](C)(C)C(C)(C)C)CN1C(=O)OCc1ccc([N+](=O)[O-])cc1)C(=O)NCC(=O)NCC(=O)O. The zero-order valence-corrected chi connectivity index (χ0v) is 26.1. The highest BCUT2D eigenvalue weighted by Crippen LogP contribution is 2.39. The number of ether oxygens (including phenoxy) is 1. The Kier molecular flexibility index (Phi) is 12.1. The van der Waals surface area contributed by atoms with Gasteiger partial charge in [0, 0.05) is 30.5 Å². The van der Waals surface area contributed by atoms with Crippen molar-refractivity contribution in [3.8, 4) is 0 Å². The molecule has 1 saturated heterocycles. The molecule has 228 valence electrons. The van der Waals surface area contributed by atoms with E-state index in [4.69, 9.17) is 14.3 Å². The number of thioether (sulfide) groups is 1. The van der Waals surface area contributed by atoms with Crippen molar-refractivity contribution in [2.24, 2.45) is 0 Å². The average Bonchev–Trinajstić information content (AvgIpc) is 3.29. The molecule has 3 amide bonds. The molecule has 1 aliphatic heterocycles. The topological polar surface area (TPSA) is 177 Å². The van der Waals surface area contributed by atoms with Crippen LogP contribution in [0, 0.1) is 10.1 Å². The Morgan fingerprint density at radius 1 is 1.17 bits per heavy atom. The largest absolute Gasteiger partial charge is 0.480 e. The Morgan fingerprint density at radius 3 is 2.37 bits per heavy atom. The summed E-state index contributed by atoms with van der Waals surface area (Å²) in [6, 6.07) is 5.50. The third-order valence-corrected chi connectivity index (χ3v) is 13.0. The van der Waals surface area contributed by atoms with Gasteiger partial charge < -0.3 is 29.8 Å². The van der Waals surface area contributed by atoms with Crippen molar-refractivity contribution in [2.75, 3.05) is 25.4 Å². The first-order chi connectivity index (χ1) is 19.0. The lowest BCUT2D eigenvalue weighted by Crippen LogP contribution is -2.45. The van der Waals surface area contributed by atoms with Gasteiger partial charge in [-0.05, 0) is 49.2 Å². The Bertz CT molecular complexity index is 1110. The molecular formula is C26H40N4O9SSi. The summed E-state index contributed by atoms with van der Waals surface area (Å²) in [5.41, 5.74) is 0.558. The van der Waals surface area contributed by atoms with Gasteiger partial charge in [0.15, 0.2) is 8.32 Å². The number of carboxylic acids is 1. The first kappa shape index (κ1) is 34.0. The van der Waals surface area contributed by atoms with E-state index in [0.29, 0.717) is 24.3 Å². The van der Waals surface area contributed by atoms with Crippen molar-refractivity contribution in [1.29, 1.82) is 0 Å². The molecule has 1 aromatic rings. The normalized spacial score (nSPS) is 18.0. The fourth-order valence-corrected chi connectivity index (χ4v) is 6.17. The maximum absolute atomic E-state index is 13.2. The number of aliphatic carboxylic acids is 1. The van der Waals surface area contributed by atoms with E-state index in [1.807, 2.05) is 0 Å². The van der Waals surface area contributed by atoms with Gasteiger partial charge in [0.05, 0.1) is 22.8 Å². The predicted molar refractivity (Wildman–Crippen MR) is 156 cm³/mol. The second-order valence-electron chi connectivity index (χ2n) is 11.4. The van der Waals surface area contributed by atoms with E-state index in [1.165, 1.54) is 36.0 Å². The molecule has 0 aliphatic carbocycles. The van der Waals surface area contributed by atoms with Gasteiger partial charge in [-0.25, -0.2) is 4.79 Å². The van der Waals surface area contributed by atoms with E-state index in [1.54, 1.807) is 11.8 Å². The van der Waals surface area contributed by atoms with Crippen LogP contribution in [0.2, 0.25) is 18.1 Å². The molecule has 1 aromatic carbocycles. The summed E-state index contributed by atoms with van der Waals surface area (Å²) in [5.74, 6) is -1.76. The number of nitro benzene ring substituents is 1. The highest BCUT2D eigenvalue weighted by atomic mass is 32.2. The number of nitro groups is 1. The van der Waals surface area contributed by atoms with Gasteiger partial charge in [0.25, 0.3) is 5.69 Å². The van der Waals surface area contributed by atoms with Gasteiger partial charge >= 0.3 is 12.1 Å². The van der Waals surface area contributed by atoms with E-state index in [9.17, 15) is 29.3 Å². The number of nitrogens with zero attached hydrogens (tertiary/aromatic N) is 2. The van der Waals surface area contributed by atoms with Gasteiger partial charge in [-0.3, -0.25) is 24.5 Å². The Hall–Kier alpha value is -3.17. The van der Waals surface area contributed by atoms with Crippen molar-refractivity contribution in [1.82, 2.24) is 15.5 Å². The second kappa shape index (κ2) is 14.6. The standard InChI is InChI=1S/C26H40N4O9SSi/c1-17(24(34)28-12-22(31)27-13-23(32)33)40-16-20-11-21(39-41(5,6)26(2,3)4)14-29(20)25(35)38-15-18-7-9-19(10-8-18)30(36)37/h7-10,17,20-21H,11-16H2,1-6H3,(H,27,31)(H,28,34)(H,32,33). The summed E-state index contributed by atoms with van der Waals surface area (Å²) in [6.07, 6.45) is -0.170. The number of hydrogen-bond donors (Lipinski definition) is 3. The lowest BCUT2D eigenvalue weighted by molar-refractivity contribution is -0.384. The molecule has 1 aliphatic rings. The number of nitrogens with one attached hydrogen (secondary N) is 2. The summed E-state index contributed by atoms with van der Waals surface area (Å²) in [4.78, 5) is 59.9. The molecule has 0 aromatic heterocycles. The first-order valence-electron chi connectivity index (χ1n) is 13.2. The van der Waals surface area contributed by atoms with Crippen LogP contribution in [-0.4, -0.2) is 89.9 Å². The highest BCUT2D eigenvalue weighted by molar-refractivity contribution is 8.00. The fourth-order valence-electron chi connectivity index (χ4n) is 3.75. The molecule has 0 radical (unpaired) electrons. The molecule has 1 fully saturated rings. The number of benzene rings is 1. The number of carbonyl (C=O) groups is 4. The first-order valence-corrected chi connectivity index (χ1v) is 17.2. The summed E-state index contributed by atoms with van der Waals surface area (Å²) in [7, 11) is -2.13. The van der Waals surface area contributed by atoms with Crippen LogP contribution in [0.4, 0.5) is 10.5 Å². The number of amides is 3. The maximum atomic E-state index is 13.2. The fraction of sp³-hybridized carbons (Fsp3) is 0.615. The minimum absolute atomic E-state index is 0.0234. The summed E-state index contributed by atoms with van der Waals surface area (Å²) < 4.78 is 12.1. The Labute approximate surface area is 245 Å². The average molecular weight is 613 g/mol. The maximum Gasteiger partial charge on any atom is 0.410 e. The summed E-state index contributed by atoms with van der Waals surface area (Å²) in [6.45, 7) is 11.8. The molecule has 13 nitrogen and oxygen atoms in total. The number of carboxylic acid groups (broad SMARTS) is 1. The predicted octanol–water partition coefficient (Wildman–Crippen LogP) is 3.13. The van der Waals surface area contributed by atoms with Crippen LogP contribution in [0.15, 0.2) is 24.3 Å². The lowest BCUT2D eigenvalue weighted by Gasteiger charge is -2.38. The molecule has 0 bridgehead atoms. The minimum Gasteiger partial charge on any atom is -0.480 e. The minimum atomic E-state index is -2.13. The number of carbonyl (C=O) groups excluding carboxylic acids is 3. The number of hydrogen-bond acceptors (Lipinski definition) is 9. The van der Waals surface area contributed by atoms with E-state index in [2.05, 4.69) is 44.5 Å². The van der Waals surface area contributed by atoms with Gasteiger partial charge in [-0.2, -0.15) is 0 Å². The van der Waals surface area contributed by atoms with Crippen LogP contribution in [-0.2, 0) is 30.2 Å². The molecule has 2 rings (SSSR count). The number of likely N-dealkylation sites (tertiary alicyclic amines) is 1. The molecule has 3 unspecified atom stereocenters. The van der Waals surface area contributed by atoms with Crippen LogP contribution >= 0.6 is 11.8 Å². The lowest BCUT2D eigenvalue weighted by atomic mass is 10.2. The summed E-state index contributed by atoms with van der Waals surface area (Å²) >= 11 is 1.32. The van der Waals surface area contributed by atoms with Gasteiger partial charge in [0.2, 0.25) is 11.8 Å². The molecule has 0 spiro atoms. The quantitative estimate of drug-likeness (QED) is 0.170. The molecule has 41 heavy (non-hydrogen) atoms. The second-order valence-corrected chi connectivity index (χ2v) is 17.5. The highest BCUT2D eigenvalue weighted by Gasteiger charge is 2.44. The Morgan fingerprint density at radius 2 is 1.80 bits per heavy atom. The van der Waals surface area contributed by atoms with Gasteiger partial charge in [-0.1, -0.05) is 20.8 Å². The molecule has 1 heterocycles. The van der Waals surface area contributed by atoms with Crippen molar-refractivity contribution in [2.45, 2.75) is 76.3 Å². The monoisotopic (exact) mass is 612 g/mol. The van der Waals surface area contributed by atoms with Crippen molar-refractivity contribution in [3.63, 3.8) is 0 Å². The molecule has 0 saturated carbocycles. The van der Waals surface area contributed by atoms with Crippen LogP contribution in [0.1, 0.15) is 39.7 Å². The van der Waals surface area contributed by atoms with Crippen molar-refractivity contribution >= 4 is 49.6 Å². The zero-order valence-electron chi connectivity index (χ0n) is 24.3. The van der Waals surface area contributed by atoms with Crippen LogP contribution in [0.25, 0.3) is 0 Å². The van der Waals surface area contributed by atoms with Crippen LogP contribution in [0.3, 0.4) is 0 Å². The smallest absolute Gasteiger partial charge is 0.410 e. The number of non-ortho nitro benzene ring substituents is 1. The van der Waals surface area contributed by atoms with Crippen LogP contribution in [0.5, 0.6) is 0 Å². The van der Waals surface area contributed by atoms with E-state index in [-0.39, 0.29) is 41.9 Å². The zero-order chi connectivity index (χ0) is 31.0. The summed E-state index contributed by atoms with van der Waals surface area (Å²) in [5, 5.41) is 23.6. The van der Waals surface area contributed by atoms with Gasteiger partial charge in [0.1, 0.15) is 13.2 Å². The molecule has 3 N–H and O–H groups in total. The van der Waals surface area contributed by atoms with Crippen molar-refractivity contribution in [3.05, 3.63) is 39.9 Å².